The Balaban J connectivity index is 2.39. The van der Waals surface area contributed by atoms with Gasteiger partial charge in [-0.25, -0.2) is 4.79 Å². The Kier molecular flexibility index (Phi) is 4.16. The minimum absolute atomic E-state index is 0.330. The maximum atomic E-state index is 10.9. The summed E-state index contributed by atoms with van der Waals surface area (Å²) in [5.74, 6) is -0.660. The molecule has 5 nitrogen and oxygen atoms in total. The summed E-state index contributed by atoms with van der Waals surface area (Å²) < 4.78 is 15.3. The second kappa shape index (κ2) is 5.17. The SMILES string of the molecule is COC(=O)NCC1(OC)CCCCO1. The van der Waals surface area contributed by atoms with Crippen LogP contribution in [0, 0.1) is 0 Å². The molecule has 1 atom stereocenters. The highest BCUT2D eigenvalue weighted by atomic mass is 16.7. The molecule has 0 spiro atoms. The topological polar surface area (TPSA) is 56.8 Å². The molecule has 1 heterocycles. The zero-order chi connectivity index (χ0) is 10.4. The molecule has 1 fully saturated rings. The summed E-state index contributed by atoms with van der Waals surface area (Å²) >= 11 is 0. The monoisotopic (exact) mass is 203 g/mol. The number of methoxy groups -OCH3 is 2. The molecule has 0 aromatic carbocycles. The lowest BCUT2D eigenvalue weighted by Gasteiger charge is -2.35. The first-order valence-corrected chi connectivity index (χ1v) is 4.73. The highest BCUT2D eigenvalue weighted by Gasteiger charge is 2.33. The maximum absolute atomic E-state index is 10.9. The Morgan fingerprint density at radius 3 is 2.79 bits per heavy atom. The predicted molar refractivity (Wildman–Crippen MR) is 50.0 cm³/mol. The third-order valence-electron chi connectivity index (χ3n) is 2.38. The molecule has 1 aliphatic rings. The van der Waals surface area contributed by atoms with Gasteiger partial charge in [-0.1, -0.05) is 0 Å². The Morgan fingerprint density at radius 1 is 1.50 bits per heavy atom. The number of carbonyl (C=O) groups is 1. The standard InChI is InChI=1S/C9H17NO4/c1-12-8(11)10-7-9(13-2)5-3-4-6-14-9/h3-7H2,1-2H3,(H,10,11). The van der Waals surface area contributed by atoms with Crippen molar-refractivity contribution < 1.29 is 19.0 Å². The summed E-state index contributed by atoms with van der Waals surface area (Å²) in [5, 5.41) is 2.58. The zero-order valence-corrected chi connectivity index (χ0v) is 8.67. The Bertz CT molecular complexity index is 189. The summed E-state index contributed by atoms with van der Waals surface area (Å²) in [6.45, 7) is 1.01. The normalized spacial score (nSPS) is 27.0. The van der Waals surface area contributed by atoms with Crippen molar-refractivity contribution in [1.29, 1.82) is 0 Å². The molecule has 82 valence electrons. The Hall–Kier alpha value is -0.810. The molecule has 1 saturated heterocycles. The molecular formula is C9H17NO4. The van der Waals surface area contributed by atoms with Gasteiger partial charge in [0.1, 0.15) is 0 Å². The average Bonchev–Trinajstić information content (AvgIpc) is 2.27. The van der Waals surface area contributed by atoms with Gasteiger partial charge < -0.3 is 19.5 Å². The van der Waals surface area contributed by atoms with Crippen molar-refractivity contribution in [3.05, 3.63) is 0 Å². The van der Waals surface area contributed by atoms with Crippen molar-refractivity contribution in [2.75, 3.05) is 27.4 Å². The number of hydrogen-bond donors (Lipinski definition) is 1. The van der Waals surface area contributed by atoms with E-state index in [1.54, 1.807) is 7.11 Å². The fraction of sp³-hybridized carbons (Fsp3) is 0.889. The van der Waals surface area contributed by atoms with E-state index in [-0.39, 0.29) is 0 Å². The van der Waals surface area contributed by atoms with Gasteiger partial charge in [-0.3, -0.25) is 0 Å². The fourth-order valence-electron chi connectivity index (χ4n) is 1.48. The van der Waals surface area contributed by atoms with Crippen LogP contribution in [-0.2, 0) is 14.2 Å². The van der Waals surface area contributed by atoms with Gasteiger partial charge in [-0.05, 0) is 12.8 Å². The van der Waals surface area contributed by atoms with Gasteiger partial charge in [-0.2, -0.15) is 0 Å². The van der Waals surface area contributed by atoms with Gasteiger partial charge in [0.2, 0.25) is 0 Å². The molecule has 1 amide bonds. The lowest BCUT2D eigenvalue weighted by atomic mass is 10.1. The van der Waals surface area contributed by atoms with Crippen LogP contribution in [0.25, 0.3) is 0 Å². The minimum atomic E-state index is -0.660. The first-order chi connectivity index (χ1) is 6.72. The minimum Gasteiger partial charge on any atom is -0.453 e. The molecule has 14 heavy (non-hydrogen) atoms. The Morgan fingerprint density at radius 2 is 2.29 bits per heavy atom. The van der Waals surface area contributed by atoms with Crippen molar-refractivity contribution >= 4 is 6.09 Å². The Labute approximate surface area is 83.7 Å². The second-order valence-corrected chi connectivity index (χ2v) is 3.27. The molecule has 0 aromatic rings. The third-order valence-corrected chi connectivity index (χ3v) is 2.38. The lowest BCUT2D eigenvalue weighted by Crippen LogP contribution is -2.48. The van der Waals surface area contributed by atoms with Crippen molar-refractivity contribution in [3.63, 3.8) is 0 Å². The zero-order valence-electron chi connectivity index (χ0n) is 8.67. The smallest absolute Gasteiger partial charge is 0.407 e. The molecule has 0 radical (unpaired) electrons. The van der Waals surface area contributed by atoms with E-state index in [2.05, 4.69) is 10.1 Å². The van der Waals surface area contributed by atoms with Crippen LogP contribution >= 0.6 is 0 Å². The molecule has 0 aromatic heterocycles. The van der Waals surface area contributed by atoms with Crippen LogP contribution in [0.1, 0.15) is 19.3 Å². The maximum Gasteiger partial charge on any atom is 0.407 e. The van der Waals surface area contributed by atoms with E-state index < -0.39 is 11.9 Å². The van der Waals surface area contributed by atoms with Gasteiger partial charge >= 0.3 is 6.09 Å². The second-order valence-electron chi connectivity index (χ2n) is 3.27. The third kappa shape index (κ3) is 2.85. The highest BCUT2D eigenvalue weighted by Crippen LogP contribution is 2.24. The van der Waals surface area contributed by atoms with E-state index in [4.69, 9.17) is 9.47 Å². The van der Waals surface area contributed by atoms with E-state index >= 15 is 0 Å². The predicted octanol–water partition coefficient (Wildman–Crippen LogP) is 0.886. The van der Waals surface area contributed by atoms with Crippen molar-refractivity contribution in [2.24, 2.45) is 0 Å². The van der Waals surface area contributed by atoms with Gasteiger partial charge in [-0.15, -0.1) is 0 Å². The van der Waals surface area contributed by atoms with Gasteiger partial charge in [0.15, 0.2) is 5.79 Å². The van der Waals surface area contributed by atoms with Crippen molar-refractivity contribution in [1.82, 2.24) is 5.32 Å². The van der Waals surface area contributed by atoms with Crippen molar-refractivity contribution in [3.8, 4) is 0 Å². The molecule has 1 unspecified atom stereocenters. The van der Waals surface area contributed by atoms with E-state index in [0.29, 0.717) is 13.2 Å². The molecule has 1 aliphatic heterocycles. The van der Waals surface area contributed by atoms with Crippen LogP contribution in [0.5, 0.6) is 0 Å². The largest absolute Gasteiger partial charge is 0.453 e. The number of nitrogens with one attached hydrogen (secondary N) is 1. The van der Waals surface area contributed by atoms with E-state index in [1.807, 2.05) is 0 Å². The lowest BCUT2D eigenvalue weighted by molar-refractivity contribution is -0.237. The first-order valence-electron chi connectivity index (χ1n) is 4.73. The van der Waals surface area contributed by atoms with Crippen LogP contribution in [0.4, 0.5) is 4.79 Å². The molecule has 0 aliphatic carbocycles. The molecule has 1 N–H and O–H groups in total. The van der Waals surface area contributed by atoms with Crippen molar-refractivity contribution in [2.45, 2.75) is 25.0 Å². The summed E-state index contributed by atoms with van der Waals surface area (Å²) in [6, 6.07) is 0. The molecule has 0 bridgehead atoms. The van der Waals surface area contributed by atoms with Gasteiger partial charge in [0.05, 0.1) is 20.3 Å². The fourth-order valence-corrected chi connectivity index (χ4v) is 1.48. The van der Waals surface area contributed by atoms with E-state index in [0.717, 1.165) is 19.3 Å². The van der Waals surface area contributed by atoms with Crippen LogP contribution in [0.3, 0.4) is 0 Å². The van der Waals surface area contributed by atoms with E-state index in [1.165, 1.54) is 7.11 Å². The van der Waals surface area contributed by atoms with Gasteiger partial charge in [0, 0.05) is 13.5 Å². The number of amides is 1. The summed E-state index contributed by atoms with van der Waals surface area (Å²) in [4.78, 5) is 10.9. The number of hydrogen-bond acceptors (Lipinski definition) is 4. The van der Waals surface area contributed by atoms with Gasteiger partial charge in [0.25, 0.3) is 0 Å². The molecular weight excluding hydrogens is 186 g/mol. The van der Waals surface area contributed by atoms with Crippen LogP contribution in [0.2, 0.25) is 0 Å². The van der Waals surface area contributed by atoms with E-state index in [9.17, 15) is 4.79 Å². The summed E-state index contributed by atoms with van der Waals surface area (Å²) in [7, 11) is 2.92. The number of carbonyl (C=O) groups excluding carboxylic acids is 1. The average molecular weight is 203 g/mol. The highest BCUT2D eigenvalue weighted by molar-refractivity contribution is 5.66. The van der Waals surface area contributed by atoms with Crippen LogP contribution in [0.15, 0.2) is 0 Å². The molecule has 1 rings (SSSR count). The quantitative estimate of drug-likeness (QED) is 0.740. The van der Waals surface area contributed by atoms with Crippen LogP contribution < -0.4 is 5.32 Å². The molecule has 0 saturated carbocycles. The van der Waals surface area contributed by atoms with Crippen LogP contribution in [-0.4, -0.2) is 39.3 Å². The summed E-state index contributed by atoms with van der Waals surface area (Å²) in [6.07, 6.45) is 2.43. The molecule has 5 heteroatoms. The number of alkyl carbamates (subject to hydrolysis) is 1. The number of ether oxygens (including phenoxy) is 3. The number of rotatable bonds is 3. The first kappa shape index (κ1) is 11.3. The summed E-state index contributed by atoms with van der Waals surface area (Å²) in [5.41, 5.74) is 0.